The minimum absolute atomic E-state index is 0.898. The Morgan fingerprint density at radius 2 is 1.90 bits per heavy atom. The van der Waals surface area contributed by atoms with Crippen LogP contribution in [0.25, 0.3) is 6.08 Å². The fourth-order valence-electron chi connectivity index (χ4n) is 3.02. The van der Waals surface area contributed by atoms with Crippen molar-refractivity contribution in [2.75, 3.05) is 18.1 Å². The van der Waals surface area contributed by atoms with Crippen molar-refractivity contribution in [3.05, 3.63) is 60.3 Å². The zero-order chi connectivity index (χ0) is 13.8. The molecular weight excluding hydrogens is 244 g/mol. The van der Waals surface area contributed by atoms with Crippen molar-refractivity contribution in [3.63, 3.8) is 0 Å². The standard InChI is InChI=1S/C18H22N2/c1-2-9-17-12-8-11-16-10-4-5-13-18(16)20(17)19-14-6-3-7-15-19/h2,4-5,8,10-13H,1,3,6-7,9,14-15H2. The van der Waals surface area contributed by atoms with Crippen LogP contribution in [-0.4, -0.2) is 18.1 Å². The molecule has 3 rings (SSSR count). The van der Waals surface area contributed by atoms with Gasteiger partial charge in [0.15, 0.2) is 0 Å². The second-order valence-corrected chi connectivity index (χ2v) is 5.39. The molecule has 1 fully saturated rings. The van der Waals surface area contributed by atoms with Gasteiger partial charge in [0.25, 0.3) is 0 Å². The first-order chi connectivity index (χ1) is 9.90. The fraction of sp³-hybridized carbons (Fsp3) is 0.333. The lowest BCUT2D eigenvalue weighted by molar-refractivity contribution is 0.222. The smallest absolute Gasteiger partial charge is 0.0648 e. The molecule has 20 heavy (non-hydrogen) atoms. The highest BCUT2D eigenvalue weighted by atomic mass is 15.6. The maximum absolute atomic E-state index is 3.91. The van der Waals surface area contributed by atoms with Gasteiger partial charge < -0.3 is 0 Å². The Labute approximate surface area is 121 Å². The van der Waals surface area contributed by atoms with Crippen LogP contribution >= 0.6 is 0 Å². The average Bonchev–Trinajstić information content (AvgIpc) is 2.68. The van der Waals surface area contributed by atoms with E-state index in [0.717, 1.165) is 19.5 Å². The number of anilines is 1. The molecule has 0 saturated carbocycles. The number of hydrogen-bond donors (Lipinski definition) is 0. The number of fused-ring (bicyclic) bond motifs is 1. The van der Waals surface area contributed by atoms with Crippen LogP contribution in [0.1, 0.15) is 31.2 Å². The summed E-state index contributed by atoms with van der Waals surface area (Å²) in [6.45, 7) is 6.19. The molecule has 1 aromatic rings. The molecule has 2 aliphatic rings. The van der Waals surface area contributed by atoms with Crippen LogP contribution in [0.3, 0.4) is 0 Å². The van der Waals surface area contributed by atoms with E-state index in [-0.39, 0.29) is 0 Å². The van der Waals surface area contributed by atoms with E-state index in [0.29, 0.717) is 0 Å². The molecule has 0 bridgehead atoms. The van der Waals surface area contributed by atoms with Crippen LogP contribution in [0, 0.1) is 0 Å². The van der Waals surface area contributed by atoms with E-state index < -0.39 is 0 Å². The van der Waals surface area contributed by atoms with E-state index in [4.69, 9.17) is 0 Å². The Balaban J connectivity index is 2.02. The largest absolute Gasteiger partial charge is 0.278 e. The summed E-state index contributed by atoms with van der Waals surface area (Å²) in [5.41, 5.74) is 3.88. The molecule has 0 spiro atoms. The Morgan fingerprint density at radius 3 is 2.70 bits per heavy atom. The number of rotatable bonds is 3. The van der Waals surface area contributed by atoms with Crippen LogP contribution in [0.2, 0.25) is 0 Å². The normalized spacial score (nSPS) is 19.2. The topological polar surface area (TPSA) is 6.48 Å². The van der Waals surface area contributed by atoms with Gasteiger partial charge in [-0.3, -0.25) is 5.01 Å². The van der Waals surface area contributed by atoms with E-state index in [1.54, 1.807) is 0 Å². The summed E-state index contributed by atoms with van der Waals surface area (Å²) in [6, 6.07) is 8.64. The number of hydrazine groups is 1. The maximum Gasteiger partial charge on any atom is 0.0648 e. The monoisotopic (exact) mass is 266 g/mol. The molecule has 0 aliphatic carbocycles. The Hall–Kier alpha value is -1.80. The predicted octanol–water partition coefficient (Wildman–Crippen LogP) is 4.38. The number of nitrogens with zero attached hydrogens (tertiary/aromatic N) is 2. The van der Waals surface area contributed by atoms with Gasteiger partial charge >= 0.3 is 0 Å². The first-order valence-corrected chi connectivity index (χ1v) is 7.52. The van der Waals surface area contributed by atoms with Gasteiger partial charge in [0, 0.05) is 25.2 Å². The van der Waals surface area contributed by atoms with Gasteiger partial charge in [0.2, 0.25) is 0 Å². The number of allylic oxidation sites excluding steroid dienone is 3. The van der Waals surface area contributed by atoms with Crippen LogP contribution < -0.4 is 5.01 Å². The van der Waals surface area contributed by atoms with Crippen LogP contribution in [-0.2, 0) is 0 Å². The van der Waals surface area contributed by atoms with Crippen LogP contribution in [0.4, 0.5) is 5.69 Å². The lowest BCUT2D eigenvalue weighted by Crippen LogP contribution is -2.45. The van der Waals surface area contributed by atoms with Crippen molar-refractivity contribution in [1.82, 2.24) is 5.01 Å². The van der Waals surface area contributed by atoms with Gasteiger partial charge in [-0.2, -0.15) is 0 Å². The molecule has 0 atom stereocenters. The highest BCUT2D eigenvalue weighted by Gasteiger charge is 2.23. The van der Waals surface area contributed by atoms with E-state index in [1.165, 1.54) is 36.2 Å². The van der Waals surface area contributed by atoms with Gasteiger partial charge in [-0.25, -0.2) is 5.01 Å². The fourth-order valence-corrected chi connectivity index (χ4v) is 3.02. The third-order valence-electron chi connectivity index (χ3n) is 3.97. The third kappa shape index (κ3) is 2.56. The quantitative estimate of drug-likeness (QED) is 0.749. The summed E-state index contributed by atoms with van der Waals surface area (Å²) < 4.78 is 0. The zero-order valence-electron chi connectivity index (χ0n) is 12.0. The van der Waals surface area contributed by atoms with Crippen molar-refractivity contribution in [2.24, 2.45) is 0 Å². The second-order valence-electron chi connectivity index (χ2n) is 5.39. The van der Waals surface area contributed by atoms with Crippen LogP contribution in [0.15, 0.2) is 54.8 Å². The van der Waals surface area contributed by atoms with Gasteiger partial charge in [-0.15, -0.1) is 6.58 Å². The Morgan fingerprint density at radius 1 is 1.10 bits per heavy atom. The second kappa shape index (κ2) is 6.10. The first kappa shape index (κ1) is 13.2. The van der Waals surface area contributed by atoms with Gasteiger partial charge in [0.1, 0.15) is 0 Å². The van der Waals surface area contributed by atoms with Crippen molar-refractivity contribution in [2.45, 2.75) is 25.7 Å². The molecule has 0 aromatic heterocycles. The number of benzene rings is 1. The average molecular weight is 266 g/mol. The molecule has 1 aromatic carbocycles. The highest BCUT2D eigenvalue weighted by Crippen LogP contribution is 2.32. The predicted molar refractivity (Wildman–Crippen MR) is 86.3 cm³/mol. The lowest BCUT2D eigenvalue weighted by atomic mass is 10.1. The molecule has 2 aliphatic heterocycles. The van der Waals surface area contributed by atoms with E-state index in [2.05, 4.69) is 59.1 Å². The molecule has 2 heterocycles. The first-order valence-electron chi connectivity index (χ1n) is 7.52. The highest BCUT2D eigenvalue weighted by molar-refractivity contribution is 5.72. The van der Waals surface area contributed by atoms with Gasteiger partial charge in [-0.05, 0) is 30.5 Å². The number of para-hydroxylation sites is 1. The van der Waals surface area contributed by atoms with Crippen LogP contribution in [0.5, 0.6) is 0 Å². The van der Waals surface area contributed by atoms with Crippen molar-refractivity contribution in [3.8, 4) is 0 Å². The SMILES string of the molecule is C=CCC1=CC=Cc2ccccc2N1N1CCCCC1. The Kier molecular flexibility index (Phi) is 4.03. The van der Waals surface area contributed by atoms with E-state index in [9.17, 15) is 0 Å². The molecule has 0 radical (unpaired) electrons. The van der Waals surface area contributed by atoms with Crippen molar-refractivity contribution >= 4 is 11.8 Å². The zero-order valence-corrected chi connectivity index (χ0v) is 12.0. The van der Waals surface area contributed by atoms with Crippen molar-refractivity contribution < 1.29 is 0 Å². The molecule has 1 saturated heterocycles. The molecule has 104 valence electrons. The third-order valence-corrected chi connectivity index (χ3v) is 3.97. The van der Waals surface area contributed by atoms with E-state index >= 15 is 0 Å². The maximum atomic E-state index is 3.91. The molecule has 2 heteroatoms. The lowest BCUT2D eigenvalue weighted by Gasteiger charge is -2.40. The summed E-state index contributed by atoms with van der Waals surface area (Å²) in [7, 11) is 0. The Bertz CT molecular complexity index is 536. The molecular formula is C18H22N2. The molecule has 0 N–H and O–H groups in total. The van der Waals surface area contributed by atoms with Crippen molar-refractivity contribution in [1.29, 1.82) is 0 Å². The van der Waals surface area contributed by atoms with Gasteiger partial charge in [0.05, 0.1) is 5.69 Å². The van der Waals surface area contributed by atoms with E-state index in [1.807, 2.05) is 6.08 Å². The van der Waals surface area contributed by atoms with Gasteiger partial charge in [-0.1, -0.05) is 42.8 Å². The summed E-state index contributed by atoms with van der Waals surface area (Å²) in [4.78, 5) is 0. The molecule has 0 unspecified atom stereocenters. The number of hydrogen-bond acceptors (Lipinski definition) is 2. The number of piperidine rings is 1. The summed E-state index contributed by atoms with van der Waals surface area (Å²) in [5, 5.41) is 4.90. The minimum atomic E-state index is 0.898. The minimum Gasteiger partial charge on any atom is -0.278 e. The summed E-state index contributed by atoms with van der Waals surface area (Å²) >= 11 is 0. The molecule has 2 nitrogen and oxygen atoms in total. The summed E-state index contributed by atoms with van der Waals surface area (Å²) in [5.74, 6) is 0. The summed E-state index contributed by atoms with van der Waals surface area (Å²) in [6.07, 6.45) is 13.4. The molecule has 0 amide bonds.